The fourth-order valence-corrected chi connectivity index (χ4v) is 2.64. The standard InChI is InChI=1S/C13H21N3O3/c1-16-12(18)8-10(13(16)19)15-11(17)3-2-9-4-6-14-7-5-9/h9-10,14H,2-8H2,1H3,(H,15,17). The zero-order valence-electron chi connectivity index (χ0n) is 11.3. The molecule has 1 unspecified atom stereocenters. The van der Waals surface area contributed by atoms with E-state index in [1.54, 1.807) is 0 Å². The molecular weight excluding hydrogens is 246 g/mol. The maximum absolute atomic E-state index is 11.8. The van der Waals surface area contributed by atoms with E-state index in [0.717, 1.165) is 37.3 Å². The van der Waals surface area contributed by atoms with Crippen LogP contribution < -0.4 is 10.6 Å². The Labute approximate surface area is 112 Å². The SMILES string of the molecule is CN1C(=O)CC(NC(=O)CCC2CCNCC2)C1=O. The highest BCUT2D eigenvalue weighted by molar-refractivity contribution is 6.06. The highest BCUT2D eigenvalue weighted by Crippen LogP contribution is 2.18. The maximum atomic E-state index is 11.8. The van der Waals surface area contributed by atoms with E-state index in [4.69, 9.17) is 0 Å². The number of imide groups is 1. The van der Waals surface area contributed by atoms with Crippen molar-refractivity contribution in [3.8, 4) is 0 Å². The molecule has 2 N–H and O–H groups in total. The summed E-state index contributed by atoms with van der Waals surface area (Å²) in [6.45, 7) is 2.04. The summed E-state index contributed by atoms with van der Waals surface area (Å²) in [4.78, 5) is 35.8. The number of hydrogen-bond acceptors (Lipinski definition) is 4. The van der Waals surface area contributed by atoms with Crippen LogP contribution in [0.4, 0.5) is 0 Å². The maximum Gasteiger partial charge on any atom is 0.252 e. The number of carbonyl (C=O) groups is 3. The van der Waals surface area contributed by atoms with E-state index in [0.29, 0.717) is 12.3 Å². The molecule has 0 aromatic rings. The Morgan fingerprint density at radius 3 is 2.63 bits per heavy atom. The van der Waals surface area contributed by atoms with E-state index in [2.05, 4.69) is 10.6 Å². The molecule has 3 amide bonds. The van der Waals surface area contributed by atoms with Gasteiger partial charge in [0, 0.05) is 13.5 Å². The molecule has 6 nitrogen and oxygen atoms in total. The molecule has 0 aromatic carbocycles. The van der Waals surface area contributed by atoms with Gasteiger partial charge < -0.3 is 10.6 Å². The number of nitrogens with one attached hydrogen (secondary N) is 2. The molecule has 0 bridgehead atoms. The minimum absolute atomic E-state index is 0.0917. The van der Waals surface area contributed by atoms with Gasteiger partial charge in [-0.2, -0.15) is 0 Å². The molecule has 0 saturated carbocycles. The Morgan fingerprint density at radius 1 is 1.37 bits per heavy atom. The molecule has 2 aliphatic rings. The van der Waals surface area contributed by atoms with Crippen LogP contribution in [0, 0.1) is 5.92 Å². The number of nitrogens with zero attached hydrogens (tertiary/aromatic N) is 1. The van der Waals surface area contributed by atoms with Crippen LogP contribution in [0.2, 0.25) is 0 Å². The third-order valence-corrected chi connectivity index (χ3v) is 3.96. The number of hydrogen-bond donors (Lipinski definition) is 2. The molecular formula is C13H21N3O3. The Morgan fingerprint density at radius 2 is 2.05 bits per heavy atom. The Hall–Kier alpha value is -1.43. The molecule has 0 radical (unpaired) electrons. The van der Waals surface area contributed by atoms with Crippen LogP contribution in [-0.4, -0.2) is 48.8 Å². The molecule has 2 saturated heterocycles. The van der Waals surface area contributed by atoms with Gasteiger partial charge in [-0.3, -0.25) is 19.3 Å². The quantitative estimate of drug-likeness (QED) is 0.682. The molecule has 2 fully saturated rings. The average Bonchev–Trinajstić information content (AvgIpc) is 2.65. The van der Waals surface area contributed by atoms with Crippen molar-refractivity contribution in [2.24, 2.45) is 5.92 Å². The summed E-state index contributed by atoms with van der Waals surface area (Å²) >= 11 is 0. The predicted octanol–water partition coefficient (Wildman–Crippen LogP) is -0.360. The number of likely N-dealkylation sites (N-methyl/N-ethyl adjacent to an activating group) is 1. The van der Waals surface area contributed by atoms with Crippen LogP contribution >= 0.6 is 0 Å². The van der Waals surface area contributed by atoms with Crippen molar-refractivity contribution in [2.75, 3.05) is 20.1 Å². The predicted molar refractivity (Wildman–Crippen MR) is 69.2 cm³/mol. The zero-order chi connectivity index (χ0) is 13.8. The van der Waals surface area contributed by atoms with Crippen LogP contribution in [0.1, 0.15) is 32.1 Å². The molecule has 1 atom stereocenters. The number of likely N-dealkylation sites (tertiary alicyclic amines) is 1. The van der Waals surface area contributed by atoms with Gasteiger partial charge in [-0.05, 0) is 38.3 Å². The largest absolute Gasteiger partial charge is 0.344 e. The lowest BCUT2D eigenvalue weighted by atomic mass is 9.93. The van der Waals surface area contributed by atoms with E-state index in [1.165, 1.54) is 7.05 Å². The third kappa shape index (κ3) is 3.53. The fraction of sp³-hybridized carbons (Fsp3) is 0.769. The molecule has 6 heteroatoms. The molecule has 0 spiro atoms. The van der Waals surface area contributed by atoms with Crippen molar-refractivity contribution >= 4 is 17.7 Å². The summed E-state index contributed by atoms with van der Waals surface area (Å²) in [5, 5.41) is 5.95. The second-order valence-electron chi connectivity index (χ2n) is 5.35. The van der Waals surface area contributed by atoms with E-state index in [1.807, 2.05) is 0 Å². The normalized spacial score (nSPS) is 24.9. The van der Waals surface area contributed by atoms with Crippen LogP contribution in [-0.2, 0) is 14.4 Å². The second-order valence-corrected chi connectivity index (χ2v) is 5.35. The van der Waals surface area contributed by atoms with Gasteiger partial charge >= 0.3 is 0 Å². The van der Waals surface area contributed by atoms with Gasteiger partial charge in [-0.25, -0.2) is 0 Å². The summed E-state index contributed by atoms with van der Waals surface area (Å²) in [7, 11) is 1.45. The van der Waals surface area contributed by atoms with Crippen molar-refractivity contribution in [3.05, 3.63) is 0 Å². The van der Waals surface area contributed by atoms with Crippen molar-refractivity contribution in [2.45, 2.75) is 38.1 Å². The van der Waals surface area contributed by atoms with Gasteiger partial charge in [0.1, 0.15) is 6.04 Å². The summed E-state index contributed by atoms with van der Waals surface area (Å²) in [5.74, 6) is -0.0653. The lowest BCUT2D eigenvalue weighted by molar-refractivity contribution is -0.138. The Kier molecular flexibility index (Phi) is 4.52. The number of rotatable bonds is 4. The van der Waals surface area contributed by atoms with Gasteiger partial charge in [0.15, 0.2) is 0 Å². The first-order valence-electron chi connectivity index (χ1n) is 6.88. The average molecular weight is 267 g/mol. The van der Waals surface area contributed by atoms with E-state index in [9.17, 15) is 14.4 Å². The molecule has 0 aliphatic carbocycles. The fourth-order valence-electron chi connectivity index (χ4n) is 2.64. The van der Waals surface area contributed by atoms with E-state index >= 15 is 0 Å². The van der Waals surface area contributed by atoms with Gasteiger partial charge in [0.25, 0.3) is 5.91 Å². The Balaban J connectivity index is 1.72. The summed E-state index contributed by atoms with van der Waals surface area (Å²) in [6.07, 6.45) is 3.60. The first-order valence-corrected chi connectivity index (χ1v) is 6.88. The van der Waals surface area contributed by atoms with Crippen molar-refractivity contribution in [3.63, 3.8) is 0 Å². The minimum Gasteiger partial charge on any atom is -0.344 e. The van der Waals surface area contributed by atoms with Crippen LogP contribution in [0.5, 0.6) is 0 Å². The highest BCUT2D eigenvalue weighted by Gasteiger charge is 2.36. The van der Waals surface area contributed by atoms with Gasteiger partial charge in [0.05, 0.1) is 6.42 Å². The zero-order valence-corrected chi connectivity index (χ0v) is 11.3. The molecule has 2 aliphatic heterocycles. The smallest absolute Gasteiger partial charge is 0.252 e. The highest BCUT2D eigenvalue weighted by atomic mass is 16.2. The second kappa shape index (κ2) is 6.14. The molecule has 19 heavy (non-hydrogen) atoms. The lowest BCUT2D eigenvalue weighted by Crippen LogP contribution is -2.40. The first kappa shape index (κ1) is 14.0. The number of carbonyl (C=O) groups excluding carboxylic acids is 3. The van der Waals surface area contributed by atoms with Crippen molar-refractivity contribution in [1.29, 1.82) is 0 Å². The monoisotopic (exact) mass is 267 g/mol. The van der Waals surface area contributed by atoms with Gasteiger partial charge in [-0.1, -0.05) is 0 Å². The van der Waals surface area contributed by atoms with Crippen LogP contribution in [0.25, 0.3) is 0 Å². The van der Waals surface area contributed by atoms with Crippen molar-refractivity contribution < 1.29 is 14.4 Å². The first-order chi connectivity index (χ1) is 9.08. The van der Waals surface area contributed by atoms with Gasteiger partial charge in [-0.15, -0.1) is 0 Å². The molecule has 2 heterocycles. The summed E-state index contributed by atoms with van der Waals surface area (Å²) < 4.78 is 0. The number of amides is 3. The summed E-state index contributed by atoms with van der Waals surface area (Å²) in [6, 6.07) is -0.655. The van der Waals surface area contributed by atoms with Crippen molar-refractivity contribution in [1.82, 2.24) is 15.5 Å². The van der Waals surface area contributed by atoms with E-state index < -0.39 is 6.04 Å². The van der Waals surface area contributed by atoms with Gasteiger partial charge in [0.2, 0.25) is 11.8 Å². The summed E-state index contributed by atoms with van der Waals surface area (Å²) in [5.41, 5.74) is 0. The molecule has 106 valence electrons. The lowest BCUT2D eigenvalue weighted by Gasteiger charge is -2.22. The minimum atomic E-state index is -0.655. The van der Waals surface area contributed by atoms with Crippen LogP contribution in [0.15, 0.2) is 0 Å². The van der Waals surface area contributed by atoms with Crippen LogP contribution in [0.3, 0.4) is 0 Å². The Bertz CT molecular complexity index is 377. The van der Waals surface area contributed by atoms with E-state index in [-0.39, 0.29) is 24.1 Å². The molecule has 2 rings (SSSR count). The number of piperidine rings is 1. The third-order valence-electron chi connectivity index (χ3n) is 3.96. The molecule has 0 aromatic heterocycles. The topological polar surface area (TPSA) is 78.5 Å².